The standard InChI is InChI=1S/C57H69FN6O7/c1-34(2)42-18-16-19-43(35(3)4)46(42)59-50(65)48(61-52(67)56(30-12-10-13-31-56)63(54(61)69)39-24-22-38(58)23-25-39)49(51(66)60-47-44(36(5)6)20-17-21-45(47)37(7)8)62-53(68)57(32-14-11-15-33-57)64(55(62)70)40-26-28-41(71-9)29-27-40/h16-29,34-37,48-49H,10-15,30-33H2,1-9H3,(H,59,65)(H,60,66). The molecule has 2 atom stereocenters. The molecule has 2 saturated heterocycles. The van der Waals surface area contributed by atoms with Gasteiger partial charge in [0.05, 0.1) is 7.11 Å². The third kappa shape index (κ3) is 8.96. The van der Waals surface area contributed by atoms with Crippen molar-refractivity contribution in [1.29, 1.82) is 0 Å². The highest BCUT2D eigenvalue weighted by Gasteiger charge is 2.67. The third-order valence-electron chi connectivity index (χ3n) is 15.3. The summed E-state index contributed by atoms with van der Waals surface area (Å²) >= 11 is 0. The molecule has 2 heterocycles. The summed E-state index contributed by atoms with van der Waals surface area (Å²) in [6, 6.07) is 17.4. The van der Waals surface area contributed by atoms with Gasteiger partial charge in [0.1, 0.15) is 22.6 Å². The molecule has 2 aliphatic heterocycles. The molecule has 71 heavy (non-hydrogen) atoms. The maximum Gasteiger partial charge on any atom is 0.333 e. The molecule has 4 fully saturated rings. The number of carbonyl (C=O) groups is 6. The lowest BCUT2D eigenvalue weighted by molar-refractivity contribution is -0.145. The molecule has 2 aliphatic carbocycles. The Morgan fingerprint density at radius 3 is 1.14 bits per heavy atom. The number of methoxy groups -OCH3 is 1. The van der Waals surface area contributed by atoms with Gasteiger partial charge in [0.2, 0.25) is 11.8 Å². The van der Waals surface area contributed by atoms with E-state index in [1.54, 1.807) is 24.3 Å². The van der Waals surface area contributed by atoms with E-state index < -0.39 is 64.7 Å². The van der Waals surface area contributed by atoms with Crippen molar-refractivity contribution in [1.82, 2.24) is 9.80 Å². The molecule has 0 bridgehead atoms. The molecule has 4 aromatic carbocycles. The Balaban J connectivity index is 1.41. The number of imide groups is 2. The first-order chi connectivity index (χ1) is 33.9. The molecule has 14 heteroatoms. The molecule has 2 N–H and O–H groups in total. The summed E-state index contributed by atoms with van der Waals surface area (Å²) in [5, 5.41) is 6.29. The lowest BCUT2D eigenvalue weighted by Crippen LogP contribution is -2.65. The number of halogens is 1. The summed E-state index contributed by atoms with van der Waals surface area (Å²) in [7, 11) is 1.53. The van der Waals surface area contributed by atoms with Crippen LogP contribution in [-0.4, -0.2) is 75.8 Å². The number of para-hydroxylation sites is 2. The van der Waals surface area contributed by atoms with E-state index in [2.05, 4.69) is 10.6 Å². The lowest BCUT2D eigenvalue weighted by atomic mass is 9.79. The number of hydrogen-bond acceptors (Lipinski definition) is 7. The summed E-state index contributed by atoms with van der Waals surface area (Å²) in [5.41, 5.74) is 1.60. The molecule has 376 valence electrons. The predicted octanol–water partition coefficient (Wildman–Crippen LogP) is 12.0. The van der Waals surface area contributed by atoms with Gasteiger partial charge in [0, 0.05) is 22.7 Å². The van der Waals surface area contributed by atoms with Gasteiger partial charge < -0.3 is 15.4 Å². The first-order valence-corrected chi connectivity index (χ1v) is 25.5. The van der Waals surface area contributed by atoms with Gasteiger partial charge in [-0.2, -0.15) is 0 Å². The summed E-state index contributed by atoms with van der Waals surface area (Å²) in [6.07, 6.45) is 4.90. The highest BCUT2D eigenvalue weighted by molar-refractivity contribution is 6.23. The molecule has 8 amide bonds. The van der Waals surface area contributed by atoms with Crippen molar-refractivity contribution in [2.24, 2.45) is 0 Å². The molecule has 13 nitrogen and oxygen atoms in total. The Labute approximate surface area is 417 Å². The summed E-state index contributed by atoms with van der Waals surface area (Å²) < 4.78 is 20.1. The number of amides is 8. The van der Waals surface area contributed by atoms with Gasteiger partial charge in [-0.3, -0.25) is 29.0 Å². The topological polar surface area (TPSA) is 149 Å². The minimum Gasteiger partial charge on any atom is -0.497 e. The fraction of sp³-hybridized carbons (Fsp3) is 0.474. The van der Waals surface area contributed by atoms with Crippen LogP contribution in [0.25, 0.3) is 0 Å². The van der Waals surface area contributed by atoms with E-state index in [9.17, 15) is 4.39 Å². The van der Waals surface area contributed by atoms with E-state index in [0.717, 1.165) is 44.9 Å². The summed E-state index contributed by atoms with van der Waals surface area (Å²) in [6.45, 7) is 15.9. The summed E-state index contributed by atoms with van der Waals surface area (Å²) in [5.74, 6) is -3.76. The zero-order valence-electron chi connectivity index (χ0n) is 42.6. The minimum atomic E-state index is -2.11. The van der Waals surface area contributed by atoms with Gasteiger partial charge >= 0.3 is 12.1 Å². The van der Waals surface area contributed by atoms with Crippen LogP contribution >= 0.6 is 0 Å². The molecule has 2 spiro atoms. The fourth-order valence-corrected chi connectivity index (χ4v) is 11.7. The Morgan fingerprint density at radius 1 is 0.507 bits per heavy atom. The minimum absolute atomic E-state index is 0.105. The average Bonchev–Trinajstić information content (AvgIpc) is 3.67. The zero-order chi connectivity index (χ0) is 51.1. The second kappa shape index (κ2) is 20.3. The SMILES string of the molecule is COc1ccc(N2C(=O)N(C(C(=O)Nc3c(C(C)C)cccc3C(C)C)C(C(=O)Nc3c(C(C)C)cccc3C(C)C)N3C(=O)N(c4ccc(F)cc4)C4(CCCCC4)C3=O)C(=O)C23CCCCC3)cc1. The van der Waals surface area contributed by atoms with Crippen molar-refractivity contribution in [2.45, 2.75) is 166 Å². The second-order valence-electron chi connectivity index (χ2n) is 21.1. The van der Waals surface area contributed by atoms with Crippen LogP contribution in [0.2, 0.25) is 0 Å². The molecular formula is C57H69FN6O7. The number of hydrogen-bond donors (Lipinski definition) is 2. The number of urea groups is 2. The smallest absolute Gasteiger partial charge is 0.333 e. The summed E-state index contributed by atoms with van der Waals surface area (Å²) in [4.78, 5) is 101. The van der Waals surface area contributed by atoms with Crippen molar-refractivity contribution < 1.29 is 37.9 Å². The molecule has 0 radical (unpaired) electrons. The van der Waals surface area contributed by atoms with Crippen LogP contribution in [-0.2, 0) is 19.2 Å². The van der Waals surface area contributed by atoms with E-state index in [1.807, 2.05) is 91.8 Å². The molecule has 0 aromatic heterocycles. The zero-order valence-corrected chi connectivity index (χ0v) is 42.6. The van der Waals surface area contributed by atoms with Crippen LogP contribution < -0.4 is 25.2 Å². The number of ether oxygens (including phenoxy) is 1. The third-order valence-corrected chi connectivity index (χ3v) is 15.3. The molecular weight excluding hydrogens is 900 g/mol. The van der Waals surface area contributed by atoms with Crippen LogP contribution in [0.3, 0.4) is 0 Å². The second-order valence-corrected chi connectivity index (χ2v) is 21.1. The van der Waals surface area contributed by atoms with Crippen LogP contribution in [0.15, 0.2) is 84.9 Å². The lowest BCUT2D eigenvalue weighted by Gasteiger charge is -2.38. The molecule has 4 aliphatic rings. The highest BCUT2D eigenvalue weighted by Crippen LogP contribution is 2.48. The van der Waals surface area contributed by atoms with E-state index in [0.29, 0.717) is 48.5 Å². The van der Waals surface area contributed by atoms with E-state index in [4.69, 9.17) is 4.74 Å². The Kier molecular flexibility index (Phi) is 14.5. The average molecular weight is 969 g/mol. The van der Waals surface area contributed by atoms with E-state index >= 15 is 28.8 Å². The van der Waals surface area contributed by atoms with Gasteiger partial charge in [-0.1, -0.05) is 130 Å². The van der Waals surface area contributed by atoms with Gasteiger partial charge in [-0.25, -0.2) is 23.8 Å². The number of nitrogens with zero attached hydrogens (tertiary/aromatic N) is 4. The van der Waals surface area contributed by atoms with Gasteiger partial charge in [-0.05, 0) is 120 Å². The molecule has 2 saturated carbocycles. The number of nitrogens with one attached hydrogen (secondary N) is 2. The predicted molar refractivity (Wildman–Crippen MR) is 275 cm³/mol. The van der Waals surface area contributed by atoms with Crippen LogP contribution in [0.5, 0.6) is 5.75 Å². The van der Waals surface area contributed by atoms with Crippen molar-refractivity contribution in [2.75, 3.05) is 27.5 Å². The van der Waals surface area contributed by atoms with Gasteiger partial charge in [0.15, 0.2) is 12.1 Å². The van der Waals surface area contributed by atoms with Crippen LogP contribution in [0.4, 0.5) is 36.7 Å². The first-order valence-electron chi connectivity index (χ1n) is 25.5. The van der Waals surface area contributed by atoms with Crippen LogP contribution in [0.1, 0.15) is 166 Å². The Morgan fingerprint density at radius 2 is 0.831 bits per heavy atom. The Hall–Kier alpha value is -6.57. The van der Waals surface area contributed by atoms with Crippen LogP contribution in [0, 0.1) is 5.82 Å². The van der Waals surface area contributed by atoms with E-state index in [1.165, 1.54) is 41.2 Å². The molecule has 8 rings (SSSR count). The normalized spacial score (nSPS) is 18.7. The molecule has 2 unspecified atom stereocenters. The maximum atomic E-state index is 16.2. The number of anilines is 4. The fourth-order valence-electron chi connectivity index (χ4n) is 11.7. The monoisotopic (exact) mass is 969 g/mol. The Bertz CT molecular complexity index is 2630. The first kappa shape index (κ1) is 50.8. The van der Waals surface area contributed by atoms with Crippen molar-refractivity contribution in [3.8, 4) is 5.75 Å². The van der Waals surface area contributed by atoms with E-state index in [-0.39, 0.29) is 55.0 Å². The largest absolute Gasteiger partial charge is 0.497 e. The maximum absolute atomic E-state index is 16.2. The molecule has 4 aromatic rings. The van der Waals surface area contributed by atoms with Crippen molar-refractivity contribution in [3.63, 3.8) is 0 Å². The van der Waals surface area contributed by atoms with Gasteiger partial charge in [-0.15, -0.1) is 0 Å². The highest BCUT2D eigenvalue weighted by atomic mass is 19.1. The van der Waals surface area contributed by atoms with Crippen molar-refractivity contribution in [3.05, 3.63) is 113 Å². The number of rotatable bonds is 14. The number of benzene rings is 4. The quantitative estimate of drug-likeness (QED) is 0.120. The number of carbonyl (C=O) groups excluding carboxylic acids is 6. The van der Waals surface area contributed by atoms with Crippen molar-refractivity contribution >= 4 is 58.4 Å². The van der Waals surface area contributed by atoms with Gasteiger partial charge in [0.25, 0.3) is 11.8 Å².